The molecule has 0 fully saturated rings. The molecule has 0 atom stereocenters. The van der Waals surface area contributed by atoms with Crippen molar-refractivity contribution in [1.29, 1.82) is 0 Å². The van der Waals surface area contributed by atoms with Crippen molar-refractivity contribution in [2.24, 2.45) is 0 Å². The van der Waals surface area contributed by atoms with Gasteiger partial charge in [0.25, 0.3) is 0 Å². The standard InChI is InChI=1S/C12H17N7S/c1-3-9-18-10(15-4-2)6-11(19-9)20-12-16-7(13)5-8(14)17-12/h5-6H,3-4H2,1-2H3,(H,15,18,19)(H4,13,14,16,17). The fourth-order valence-electron chi connectivity index (χ4n) is 1.56. The van der Waals surface area contributed by atoms with Crippen LogP contribution in [0.1, 0.15) is 19.7 Å². The number of nitrogens with two attached hydrogens (primary N) is 2. The van der Waals surface area contributed by atoms with E-state index in [0.29, 0.717) is 16.8 Å². The lowest BCUT2D eigenvalue weighted by Crippen LogP contribution is -2.04. The van der Waals surface area contributed by atoms with Crippen LogP contribution in [0.2, 0.25) is 0 Å². The SMILES string of the molecule is CCNc1cc(Sc2nc(N)cc(N)n2)nc(CC)n1. The second-order valence-corrected chi connectivity index (χ2v) is 4.98. The number of aromatic nitrogens is 4. The van der Waals surface area contributed by atoms with Crippen LogP contribution in [0.3, 0.4) is 0 Å². The van der Waals surface area contributed by atoms with Crippen LogP contribution < -0.4 is 16.8 Å². The molecule has 0 amide bonds. The Kier molecular flexibility index (Phi) is 4.57. The first kappa shape index (κ1) is 14.3. The number of hydrogen-bond donors (Lipinski definition) is 3. The van der Waals surface area contributed by atoms with Crippen LogP contribution in [0.15, 0.2) is 22.3 Å². The first-order valence-electron chi connectivity index (χ1n) is 6.30. The number of nitrogens with zero attached hydrogens (tertiary/aromatic N) is 4. The molecule has 0 bridgehead atoms. The quantitative estimate of drug-likeness (QED) is 0.561. The van der Waals surface area contributed by atoms with E-state index in [9.17, 15) is 0 Å². The average Bonchev–Trinajstić information content (AvgIpc) is 2.37. The maximum absolute atomic E-state index is 5.66. The molecule has 2 heterocycles. The summed E-state index contributed by atoms with van der Waals surface area (Å²) in [6.07, 6.45) is 0.757. The predicted octanol–water partition coefficient (Wildman–Crippen LogP) is 1.58. The third-order valence-electron chi connectivity index (χ3n) is 2.36. The molecule has 7 nitrogen and oxygen atoms in total. The van der Waals surface area contributed by atoms with Gasteiger partial charge in [-0.1, -0.05) is 6.92 Å². The summed E-state index contributed by atoms with van der Waals surface area (Å²) in [5, 5.41) is 4.42. The Hall–Kier alpha value is -2.09. The van der Waals surface area contributed by atoms with Crippen molar-refractivity contribution in [2.75, 3.05) is 23.3 Å². The van der Waals surface area contributed by atoms with Crippen LogP contribution >= 0.6 is 11.8 Å². The van der Waals surface area contributed by atoms with Crippen LogP contribution in [0.25, 0.3) is 0 Å². The molecule has 20 heavy (non-hydrogen) atoms. The predicted molar refractivity (Wildman–Crippen MR) is 80.6 cm³/mol. The summed E-state index contributed by atoms with van der Waals surface area (Å²) in [5.74, 6) is 2.25. The lowest BCUT2D eigenvalue weighted by atomic mass is 10.4. The van der Waals surface area contributed by atoms with Crippen molar-refractivity contribution in [3.05, 3.63) is 18.0 Å². The molecule has 0 unspecified atom stereocenters. The van der Waals surface area contributed by atoms with Crippen molar-refractivity contribution in [3.8, 4) is 0 Å². The topological polar surface area (TPSA) is 116 Å². The molecule has 0 aliphatic heterocycles. The normalized spacial score (nSPS) is 10.5. The Morgan fingerprint density at radius 3 is 2.35 bits per heavy atom. The lowest BCUT2D eigenvalue weighted by molar-refractivity contribution is 0.882. The molecule has 0 aliphatic rings. The molecule has 2 rings (SSSR count). The van der Waals surface area contributed by atoms with Gasteiger partial charge in [-0.15, -0.1) is 0 Å². The van der Waals surface area contributed by atoms with Crippen molar-refractivity contribution in [1.82, 2.24) is 19.9 Å². The number of aryl methyl sites for hydroxylation is 1. The van der Waals surface area contributed by atoms with E-state index in [-0.39, 0.29) is 0 Å². The molecule has 0 radical (unpaired) electrons. The van der Waals surface area contributed by atoms with E-state index in [1.807, 2.05) is 19.9 Å². The number of nitrogen functional groups attached to an aromatic ring is 2. The van der Waals surface area contributed by atoms with E-state index >= 15 is 0 Å². The van der Waals surface area contributed by atoms with Gasteiger partial charge in [0.05, 0.1) is 0 Å². The third-order valence-corrected chi connectivity index (χ3v) is 3.15. The van der Waals surface area contributed by atoms with Gasteiger partial charge in [0, 0.05) is 25.1 Å². The highest BCUT2D eigenvalue weighted by Gasteiger charge is 2.08. The molecule has 0 saturated carbocycles. The molecule has 2 aromatic rings. The van der Waals surface area contributed by atoms with Gasteiger partial charge in [-0.2, -0.15) is 0 Å². The van der Waals surface area contributed by atoms with E-state index in [0.717, 1.165) is 29.6 Å². The Bertz CT molecular complexity index is 582. The Labute approximate surface area is 121 Å². The summed E-state index contributed by atoms with van der Waals surface area (Å²) in [7, 11) is 0. The zero-order valence-corrected chi connectivity index (χ0v) is 12.2. The van der Waals surface area contributed by atoms with E-state index in [1.54, 1.807) is 0 Å². The summed E-state index contributed by atoms with van der Waals surface area (Å²) in [6, 6.07) is 3.38. The van der Waals surface area contributed by atoms with E-state index < -0.39 is 0 Å². The number of anilines is 3. The van der Waals surface area contributed by atoms with E-state index in [2.05, 4.69) is 25.3 Å². The minimum Gasteiger partial charge on any atom is -0.383 e. The molecule has 0 aromatic carbocycles. The maximum atomic E-state index is 5.66. The van der Waals surface area contributed by atoms with E-state index in [1.165, 1.54) is 17.8 Å². The minimum atomic E-state index is 0.344. The highest BCUT2D eigenvalue weighted by molar-refractivity contribution is 7.99. The second kappa shape index (κ2) is 6.38. The molecule has 0 aliphatic carbocycles. The number of rotatable bonds is 5. The molecule has 5 N–H and O–H groups in total. The molecule has 106 valence electrons. The monoisotopic (exact) mass is 291 g/mol. The van der Waals surface area contributed by atoms with Gasteiger partial charge in [0.1, 0.15) is 28.3 Å². The van der Waals surface area contributed by atoms with Gasteiger partial charge in [-0.05, 0) is 18.7 Å². The smallest absolute Gasteiger partial charge is 0.197 e. The Morgan fingerprint density at radius 1 is 1.05 bits per heavy atom. The van der Waals surface area contributed by atoms with Crippen molar-refractivity contribution < 1.29 is 0 Å². The Morgan fingerprint density at radius 2 is 1.75 bits per heavy atom. The molecular weight excluding hydrogens is 274 g/mol. The van der Waals surface area contributed by atoms with Crippen LogP contribution in [0.5, 0.6) is 0 Å². The third kappa shape index (κ3) is 3.70. The first-order valence-corrected chi connectivity index (χ1v) is 7.12. The molecule has 8 heteroatoms. The number of hydrogen-bond acceptors (Lipinski definition) is 8. The molecule has 0 spiro atoms. The lowest BCUT2D eigenvalue weighted by Gasteiger charge is -2.07. The van der Waals surface area contributed by atoms with Crippen LogP contribution in [0.4, 0.5) is 17.5 Å². The fraction of sp³-hybridized carbons (Fsp3) is 0.333. The van der Waals surface area contributed by atoms with Gasteiger partial charge in [-0.3, -0.25) is 0 Å². The van der Waals surface area contributed by atoms with Gasteiger partial charge in [0.2, 0.25) is 0 Å². The van der Waals surface area contributed by atoms with Crippen molar-refractivity contribution in [2.45, 2.75) is 30.5 Å². The Balaban J connectivity index is 2.29. The van der Waals surface area contributed by atoms with Crippen molar-refractivity contribution >= 4 is 29.2 Å². The average molecular weight is 291 g/mol. The fourth-order valence-corrected chi connectivity index (χ4v) is 2.37. The molecular formula is C12H17N7S. The summed E-state index contributed by atoms with van der Waals surface area (Å²) >= 11 is 1.31. The number of nitrogens with one attached hydrogen (secondary N) is 1. The van der Waals surface area contributed by atoms with Gasteiger partial charge in [0.15, 0.2) is 5.16 Å². The zero-order chi connectivity index (χ0) is 14.5. The van der Waals surface area contributed by atoms with Crippen LogP contribution in [-0.2, 0) is 6.42 Å². The highest BCUT2D eigenvalue weighted by Crippen LogP contribution is 2.26. The molecule has 2 aromatic heterocycles. The summed E-state index contributed by atoms with van der Waals surface area (Å²) < 4.78 is 0. The highest BCUT2D eigenvalue weighted by atomic mass is 32.2. The first-order chi connectivity index (χ1) is 9.60. The molecule has 0 saturated heterocycles. The van der Waals surface area contributed by atoms with Gasteiger partial charge in [-0.25, -0.2) is 19.9 Å². The minimum absolute atomic E-state index is 0.344. The summed E-state index contributed by atoms with van der Waals surface area (Å²) in [6.45, 7) is 4.82. The maximum Gasteiger partial charge on any atom is 0.197 e. The van der Waals surface area contributed by atoms with E-state index in [4.69, 9.17) is 11.5 Å². The van der Waals surface area contributed by atoms with Gasteiger partial charge < -0.3 is 16.8 Å². The summed E-state index contributed by atoms with van der Waals surface area (Å²) in [4.78, 5) is 17.1. The zero-order valence-electron chi connectivity index (χ0n) is 11.4. The van der Waals surface area contributed by atoms with Crippen molar-refractivity contribution in [3.63, 3.8) is 0 Å². The largest absolute Gasteiger partial charge is 0.383 e. The second-order valence-electron chi connectivity index (χ2n) is 3.99. The van der Waals surface area contributed by atoms with Gasteiger partial charge >= 0.3 is 0 Å². The summed E-state index contributed by atoms with van der Waals surface area (Å²) in [5.41, 5.74) is 11.3. The van der Waals surface area contributed by atoms with Crippen LogP contribution in [0, 0.1) is 0 Å². The van der Waals surface area contributed by atoms with Crippen LogP contribution in [-0.4, -0.2) is 26.5 Å².